The summed E-state index contributed by atoms with van der Waals surface area (Å²) >= 11 is 0. The van der Waals surface area contributed by atoms with Gasteiger partial charge < -0.3 is 20.3 Å². The average Bonchev–Trinajstić information content (AvgIpc) is 3.22. The highest BCUT2D eigenvalue weighted by molar-refractivity contribution is 5.77. The van der Waals surface area contributed by atoms with E-state index in [0.717, 1.165) is 64.2 Å². The zero-order valence-corrected chi connectivity index (χ0v) is 38.7. The maximum Gasteiger partial charge on any atom is 0.306 e. The number of esters is 1. The van der Waals surface area contributed by atoms with Crippen molar-refractivity contribution in [2.45, 2.75) is 277 Å². The van der Waals surface area contributed by atoms with Crippen LogP contribution in [0, 0.1) is 0 Å². The summed E-state index contributed by atoms with van der Waals surface area (Å²) in [6.07, 6.45) is 53.5. The molecule has 6 nitrogen and oxygen atoms in total. The van der Waals surface area contributed by atoms with Crippen molar-refractivity contribution in [3.63, 3.8) is 0 Å². The molecule has 6 heteroatoms. The lowest BCUT2D eigenvalue weighted by atomic mass is 10.0. The van der Waals surface area contributed by atoms with Crippen LogP contribution in [0.4, 0.5) is 0 Å². The fraction of sp³-hybridized carbons (Fsp3) is 0.846. The lowest BCUT2D eigenvalue weighted by molar-refractivity contribution is -0.151. The van der Waals surface area contributed by atoms with Crippen molar-refractivity contribution in [3.05, 3.63) is 36.5 Å². The molecule has 0 fully saturated rings. The van der Waals surface area contributed by atoms with Gasteiger partial charge in [0.1, 0.15) is 6.10 Å². The highest BCUT2D eigenvalue weighted by Crippen LogP contribution is 2.18. The summed E-state index contributed by atoms with van der Waals surface area (Å²) in [6.45, 7) is 6.35. The SMILES string of the molecule is CC/C=C/C=C/C=C/CCCCCCCCCC(=O)OC(CCCCCCCCCCCCCCCCC)CC(=O)NC(CO)C(O)CCCCCCCCCCC. The molecule has 0 aliphatic heterocycles. The molecule has 0 aliphatic rings. The number of nitrogens with one attached hydrogen (secondary N) is 1. The largest absolute Gasteiger partial charge is 0.462 e. The van der Waals surface area contributed by atoms with Gasteiger partial charge in [-0.2, -0.15) is 0 Å². The normalized spacial score (nSPS) is 13.5. The second-order valence-corrected chi connectivity index (χ2v) is 17.3. The van der Waals surface area contributed by atoms with E-state index >= 15 is 0 Å². The number of amides is 1. The van der Waals surface area contributed by atoms with Gasteiger partial charge in [-0.1, -0.05) is 237 Å². The topological polar surface area (TPSA) is 95.9 Å². The number of allylic oxidation sites excluding steroid dienone is 6. The van der Waals surface area contributed by atoms with E-state index in [1.165, 1.54) is 148 Å². The molecule has 3 N–H and O–H groups in total. The van der Waals surface area contributed by atoms with Crippen molar-refractivity contribution in [1.82, 2.24) is 5.32 Å². The molecule has 1 amide bonds. The van der Waals surface area contributed by atoms with Crippen LogP contribution in [0.2, 0.25) is 0 Å². The molecule has 0 spiro atoms. The molecule has 0 aromatic carbocycles. The molecule has 3 atom stereocenters. The van der Waals surface area contributed by atoms with Gasteiger partial charge in [0.15, 0.2) is 0 Å². The summed E-state index contributed by atoms with van der Waals surface area (Å²) in [5, 5.41) is 23.7. The monoisotopic (exact) mass is 816 g/mol. The number of aliphatic hydroxyl groups is 2. The zero-order chi connectivity index (χ0) is 42.4. The van der Waals surface area contributed by atoms with E-state index in [2.05, 4.69) is 62.5 Å². The molecule has 0 heterocycles. The van der Waals surface area contributed by atoms with Crippen LogP contribution in [0.25, 0.3) is 0 Å². The van der Waals surface area contributed by atoms with Crippen LogP contribution < -0.4 is 5.32 Å². The highest BCUT2D eigenvalue weighted by atomic mass is 16.5. The van der Waals surface area contributed by atoms with Gasteiger partial charge in [-0.05, 0) is 44.9 Å². The van der Waals surface area contributed by atoms with Crippen LogP contribution in [-0.4, -0.2) is 46.9 Å². The Bertz CT molecular complexity index is 961. The third-order valence-electron chi connectivity index (χ3n) is 11.5. The smallest absolute Gasteiger partial charge is 0.306 e. The van der Waals surface area contributed by atoms with Gasteiger partial charge in [0.2, 0.25) is 5.91 Å². The number of aliphatic hydroxyl groups excluding tert-OH is 2. The summed E-state index contributed by atoms with van der Waals surface area (Å²) in [4.78, 5) is 26.1. The summed E-state index contributed by atoms with van der Waals surface area (Å²) in [7, 11) is 0. The van der Waals surface area contributed by atoms with E-state index in [0.29, 0.717) is 19.3 Å². The molecule has 0 rings (SSSR count). The third kappa shape index (κ3) is 40.8. The molecule has 340 valence electrons. The molecule has 0 saturated carbocycles. The number of hydrogen-bond acceptors (Lipinski definition) is 5. The lowest BCUT2D eigenvalue weighted by Crippen LogP contribution is -2.46. The van der Waals surface area contributed by atoms with Crippen LogP contribution in [0.3, 0.4) is 0 Å². The zero-order valence-electron chi connectivity index (χ0n) is 38.7. The number of carbonyl (C=O) groups excluding carboxylic acids is 2. The first-order chi connectivity index (χ1) is 28.5. The first-order valence-electron chi connectivity index (χ1n) is 25.2. The number of carbonyl (C=O) groups is 2. The van der Waals surface area contributed by atoms with Crippen molar-refractivity contribution in [3.8, 4) is 0 Å². The molecule has 0 aromatic heterocycles. The molecule has 3 unspecified atom stereocenters. The van der Waals surface area contributed by atoms with E-state index in [4.69, 9.17) is 4.74 Å². The second kappa shape index (κ2) is 46.2. The molecule has 0 aromatic rings. The average molecular weight is 816 g/mol. The Morgan fingerprint density at radius 1 is 0.517 bits per heavy atom. The highest BCUT2D eigenvalue weighted by Gasteiger charge is 2.24. The van der Waals surface area contributed by atoms with Gasteiger partial charge in [-0.25, -0.2) is 0 Å². The minimum atomic E-state index is -0.785. The first kappa shape index (κ1) is 56.1. The van der Waals surface area contributed by atoms with Crippen molar-refractivity contribution in [2.75, 3.05) is 6.61 Å². The van der Waals surface area contributed by atoms with Crippen molar-refractivity contribution < 1.29 is 24.5 Å². The van der Waals surface area contributed by atoms with E-state index < -0.39 is 18.2 Å². The van der Waals surface area contributed by atoms with Crippen LogP contribution in [0.1, 0.15) is 258 Å². The van der Waals surface area contributed by atoms with Crippen molar-refractivity contribution in [2.24, 2.45) is 0 Å². The van der Waals surface area contributed by atoms with Gasteiger partial charge in [-0.3, -0.25) is 9.59 Å². The van der Waals surface area contributed by atoms with Crippen LogP contribution >= 0.6 is 0 Å². The summed E-state index contributed by atoms with van der Waals surface area (Å²) in [5.74, 6) is -0.478. The summed E-state index contributed by atoms with van der Waals surface area (Å²) in [5.41, 5.74) is 0. The fourth-order valence-corrected chi connectivity index (χ4v) is 7.73. The predicted octanol–water partition coefficient (Wildman–Crippen LogP) is 14.9. The van der Waals surface area contributed by atoms with Crippen molar-refractivity contribution >= 4 is 11.9 Å². The second-order valence-electron chi connectivity index (χ2n) is 17.3. The predicted molar refractivity (Wildman–Crippen MR) is 250 cm³/mol. The Hall–Kier alpha value is -1.92. The number of rotatable bonds is 45. The molecular weight excluding hydrogens is 719 g/mol. The minimum Gasteiger partial charge on any atom is -0.462 e. The van der Waals surface area contributed by atoms with Gasteiger partial charge >= 0.3 is 5.97 Å². The Balaban J connectivity index is 4.57. The Morgan fingerprint density at radius 3 is 1.40 bits per heavy atom. The van der Waals surface area contributed by atoms with Gasteiger partial charge in [-0.15, -0.1) is 0 Å². The van der Waals surface area contributed by atoms with Crippen LogP contribution in [0.15, 0.2) is 36.5 Å². The van der Waals surface area contributed by atoms with E-state index in [1.807, 2.05) is 0 Å². The maximum atomic E-state index is 13.2. The first-order valence-corrected chi connectivity index (χ1v) is 25.2. The van der Waals surface area contributed by atoms with Gasteiger partial charge in [0.05, 0.1) is 25.2 Å². The van der Waals surface area contributed by atoms with Crippen molar-refractivity contribution in [1.29, 1.82) is 0 Å². The molecular formula is C52H97NO5. The van der Waals surface area contributed by atoms with E-state index in [1.54, 1.807) is 0 Å². The Morgan fingerprint density at radius 2 is 0.931 bits per heavy atom. The summed E-state index contributed by atoms with van der Waals surface area (Å²) in [6, 6.07) is -0.699. The molecule has 0 bridgehead atoms. The number of ether oxygens (including phenoxy) is 1. The van der Waals surface area contributed by atoms with Gasteiger partial charge in [0, 0.05) is 6.42 Å². The standard InChI is InChI=1S/C52H97NO5/c1-4-7-10-13-16-19-21-23-25-27-29-32-34-37-40-43-48(46-51(56)53-49(47-54)50(55)44-41-38-35-31-18-15-12-9-6-3)58-52(57)45-42-39-36-33-30-28-26-24-22-20-17-14-11-8-5-2/h8,11,14,17,20,22,48-50,54-55H,4-7,9-10,12-13,15-16,18-19,21,23-47H2,1-3H3,(H,53,56)/b11-8+,17-14+,22-20+. The van der Waals surface area contributed by atoms with Gasteiger partial charge in [0.25, 0.3) is 0 Å². The maximum absolute atomic E-state index is 13.2. The molecule has 0 radical (unpaired) electrons. The molecule has 58 heavy (non-hydrogen) atoms. The van der Waals surface area contributed by atoms with Crippen LogP contribution in [-0.2, 0) is 14.3 Å². The Labute approximate surface area is 360 Å². The fourth-order valence-electron chi connectivity index (χ4n) is 7.73. The lowest BCUT2D eigenvalue weighted by Gasteiger charge is -2.24. The molecule has 0 saturated heterocycles. The third-order valence-corrected chi connectivity index (χ3v) is 11.5. The van der Waals surface area contributed by atoms with E-state index in [-0.39, 0.29) is 24.9 Å². The number of unbranched alkanes of at least 4 members (excludes halogenated alkanes) is 29. The quantitative estimate of drug-likeness (QED) is 0.0323. The van der Waals surface area contributed by atoms with Crippen LogP contribution in [0.5, 0.6) is 0 Å². The minimum absolute atomic E-state index is 0.0764. The van der Waals surface area contributed by atoms with E-state index in [9.17, 15) is 19.8 Å². The summed E-state index contributed by atoms with van der Waals surface area (Å²) < 4.78 is 5.93. The molecule has 0 aliphatic carbocycles. The Kier molecular flexibility index (Phi) is 44.6. The number of hydrogen-bond donors (Lipinski definition) is 3.